The molecule has 1 aromatic carbocycles. The maximum atomic E-state index is 12.7. The molecule has 28 heavy (non-hydrogen) atoms. The number of aromatic nitrogens is 2. The second kappa shape index (κ2) is 9.50. The van der Waals surface area contributed by atoms with Crippen LogP contribution in [0.4, 0.5) is 0 Å². The summed E-state index contributed by atoms with van der Waals surface area (Å²) in [5.41, 5.74) is 1.30. The van der Waals surface area contributed by atoms with E-state index >= 15 is 0 Å². The molecule has 7 nitrogen and oxygen atoms in total. The number of carbonyl (C=O) groups excluding carboxylic acids is 2. The fraction of sp³-hybridized carbons (Fsp3) is 0.476. The molecular formula is C21H29N5O2. The molecule has 7 heteroatoms. The van der Waals surface area contributed by atoms with Crippen LogP contribution >= 0.6 is 0 Å². The molecule has 1 aliphatic rings. The van der Waals surface area contributed by atoms with Gasteiger partial charge in [-0.15, -0.1) is 0 Å². The zero-order valence-electron chi connectivity index (χ0n) is 16.7. The van der Waals surface area contributed by atoms with Gasteiger partial charge in [-0.05, 0) is 24.9 Å². The standard InChI is InChI=1S/C21H29N5O2/c1-24-13-10-22-19(24)16-25(2)20(27)15-18-21(28)23-11-14-26(18)12-6-9-17-7-4-3-5-8-17/h3-5,7-8,10,13,18H,6,9,11-12,14-16H2,1-2H3,(H,23,28)/t18-/m0/s1. The number of aryl methyl sites for hydroxylation is 2. The van der Waals surface area contributed by atoms with Crippen LogP contribution in [0.5, 0.6) is 0 Å². The molecule has 0 radical (unpaired) electrons. The Morgan fingerprint density at radius 2 is 2.11 bits per heavy atom. The van der Waals surface area contributed by atoms with E-state index in [1.807, 2.05) is 36.0 Å². The Morgan fingerprint density at radius 3 is 2.82 bits per heavy atom. The Labute approximate surface area is 166 Å². The number of hydrogen-bond donors (Lipinski definition) is 1. The highest BCUT2D eigenvalue weighted by Crippen LogP contribution is 2.13. The molecule has 1 aliphatic heterocycles. The van der Waals surface area contributed by atoms with E-state index in [2.05, 4.69) is 27.3 Å². The monoisotopic (exact) mass is 383 g/mol. The second-order valence-electron chi connectivity index (χ2n) is 7.34. The van der Waals surface area contributed by atoms with Gasteiger partial charge in [-0.2, -0.15) is 0 Å². The number of hydrogen-bond acceptors (Lipinski definition) is 4. The van der Waals surface area contributed by atoms with E-state index in [0.29, 0.717) is 13.1 Å². The van der Waals surface area contributed by atoms with Crippen LogP contribution in [0.3, 0.4) is 0 Å². The normalized spacial score (nSPS) is 17.4. The van der Waals surface area contributed by atoms with Crippen molar-refractivity contribution in [3.63, 3.8) is 0 Å². The molecule has 1 N–H and O–H groups in total. The highest BCUT2D eigenvalue weighted by Gasteiger charge is 2.32. The third kappa shape index (κ3) is 5.19. The van der Waals surface area contributed by atoms with E-state index in [4.69, 9.17) is 0 Å². The first-order valence-electron chi connectivity index (χ1n) is 9.80. The van der Waals surface area contributed by atoms with Crippen molar-refractivity contribution in [3.05, 3.63) is 54.1 Å². The average Bonchev–Trinajstić information content (AvgIpc) is 3.09. The molecule has 2 aromatic rings. The van der Waals surface area contributed by atoms with Crippen LogP contribution in [-0.4, -0.2) is 63.9 Å². The number of benzene rings is 1. The maximum absolute atomic E-state index is 12.7. The topological polar surface area (TPSA) is 70.5 Å². The molecule has 150 valence electrons. The number of nitrogens with one attached hydrogen (secondary N) is 1. The van der Waals surface area contributed by atoms with Crippen molar-refractivity contribution in [2.45, 2.75) is 31.8 Å². The SMILES string of the molecule is CN(Cc1nccn1C)C(=O)C[C@H]1C(=O)NCCN1CCCc1ccccc1. The fourth-order valence-electron chi connectivity index (χ4n) is 3.55. The van der Waals surface area contributed by atoms with E-state index in [-0.39, 0.29) is 18.2 Å². The third-order valence-corrected chi connectivity index (χ3v) is 5.29. The van der Waals surface area contributed by atoms with E-state index in [1.54, 1.807) is 18.1 Å². The Balaban J connectivity index is 1.54. The molecule has 2 amide bonds. The van der Waals surface area contributed by atoms with Crippen molar-refractivity contribution >= 4 is 11.8 Å². The maximum Gasteiger partial charge on any atom is 0.237 e. The van der Waals surface area contributed by atoms with Crippen molar-refractivity contribution in [2.24, 2.45) is 7.05 Å². The lowest BCUT2D eigenvalue weighted by Crippen LogP contribution is -2.56. The van der Waals surface area contributed by atoms with Crippen molar-refractivity contribution in [3.8, 4) is 0 Å². The Bertz CT molecular complexity index is 789. The molecule has 0 aliphatic carbocycles. The van der Waals surface area contributed by atoms with Gasteiger partial charge in [0.2, 0.25) is 11.8 Å². The van der Waals surface area contributed by atoms with Gasteiger partial charge in [-0.3, -0.25) is 14.5 Å². The lowest BCUT2D eigenvalue weighted by molar-refractivity contribution is -0.138. The number of carbonyl (C=O) groups is 2. The minimum atomic E-state index is -0.402. The summed E-state index contributed by atoms with van der Waals surface area (Å²) in [5, 5.41) is 2.90. The van der Waals surface area contributed by atoms with Crippen LogP contribution in [-0.2, 0) is 29.6 Å². The zero-order chi connectivity index (χ0) is 19.9. The number of rotatable bonds is 8. The average molecular weight is 383 g/mol. The summed E-state index contributed by atoms with van der Waals surface area (Å²) < 4.78 is 1.90. The first-order valence-corrected chi connectivity index (χ1v) is 9.80. The molecule has 3 rings (SSSR count). The Kier molecular flexibility index (Phi) is 6.81. The molecule has 0 spiro atoms. The first-order chi connectivity index (χ1) is 13.5. The van der Waals surface area contributed by atoms with E-state index < -0.39 is 6.04 Å². The minimum absolute atomic E-state index is 0.0434. The van der Waals surface area contributed by atoms with Gasteiger partial charge in [-0.25, -0.2) is 4.98 Å². The van der Waals surface area contributed by atoms with Crippen LogP contribution in [0.2, 0.25) is 0 Å². The van der Waals surface area contributed by atoms with Crippen molar-refractivity contribution in [1.82, 2.24) is 24.7 Å². The van der Waals surface area contributed by atoms with E-state index in [0.717, 1.165) is 31.8 Å². The largest absolute Gasteiger partial charge is 0.353 e. The molecule has 1 atom stereocenters. The van der Waals surface area contributed by atoms with Gasteiger partial charge >= 0.3 is 0 Å². The summed E-state index contributed by atoms with van der Waals surface area (Å²) in [4.78, 5) is 33.2. The van der Waals surface area contributed by atoms with Crippen LogP contribution in [0, 0.1) is 0 Å². The minimum Gasteiger partial charge on any atom is -0.353 e. The molecule has 1 saturated heterocycles. The Morgan fingerprint density at radius 1 is 1.32 bits per heavy atom. The summed E-state index contributed by atoms with van der Waals surface area (Å²) >= 11 is 0. The van der Waals surface area contributed by atoms with Crippen LogP contribution in [0.25, 0.3) is 0 Å². The summed E-state index contributed by atoms with van der Waals surface area (Å²) in [5.74, 6) is 0.728. The number of piperazine rings is 1. The molecule has 0 unspecified atom stereocenters. The summed E-state index contributed by atoms with van der Waals surface area (Å²) in [6, 6.07) is 9.94. The summed E-state index contributed by atoms with van der Waals surface area (Å²) in [7, 11) is 3.67. The van der Waals surface area contributed by atoms with Crippen LogP contribution in [0.15, 0.2) is 42.7 Å². The lowest BCUT2D eigenvalue weighted by Gasteiger charge is -2.35. The smallest absolute Gasteiger partial charge is 0.237 e. The molecular weight excluding hydrogens is 354 g/mol. The fourth-order valence-corrected chi connectivity index (χ4v) is 3.55. The molecule has 2 heterocycles. The van der Waals surface area contributed by atoms with Gasteiger partial charge in [-0.1, -0.05) is 30.3 Å². The first kappa shape index (κ1) is 20.1. The van der Waals surface area contributed by atoms with Gasteiger partial charge in [0.25, 0.3) is 0 Å². The van der Waals surface area contributed by atoms with Gasteiger partial charge < -0.3 is 14.8 Å². The van der Waals surface area contributed by atoms with Crippen LogP contribution in [0.1, 0.15) is 24.2 Å². The molecule has 1 aromatic heterocycles. The van der Waals surface area contributed by atoms with Gasteiger partial charge in [0.1, 0.15) is 5.82 Å². The van der Waals surface area contributed by atoms with Crippen molar-refractivity contribution in [2.75, 3.05) is 26.7 Å². The summed E-state index contributed by atoms with van der Waals surface area (Å²) in [6.07, 6.45) is 5.70. The zero-order valence-corrected chi connectivity index (χ0v) is 16.7. The number of nitrogens with zero attached hydrogens (tertiary/aromatic N) is 4. The summed E-state index contributed by atoms with van der Waals surface area (Å²) in [6.45, 7) is 2.66. The number of imidazole rings is 1. The lowest BCUT2D eigenvalue weighted by atomic mass is 10.1. The van der Waals surface area contributed by atoms with Crippen LogP contribution < -0.4 is 5.32 Å². The van der Waals surface area contributed by atoms with Crippen molar-refractivity contribution < 1.29 is 9.59 Å². The van der Waals surface area contributed by atoms with Gasteiger partial charge in [0.05, 0.1) is 19.0 Å². The van der Waals surface area contributed by atoms with Gasteiger partial charge in [0, 0.05) is 39.6 Å². The van der Waals surface area contributed by atoms with Gasteiger partial charge in [0.15, 0.2) is 0 Å². The van der Waals surface area contributed by atoms with E-state index in [1.165, 1.54) is 5.56 Å². The highest BCUT2D eigenvalue weighted by atomic mass is 16.2. The second-order valence-corrected chi connectivity index (χ2v) is 7.34. The number of amides is 2. The molecule has 0 saturated carbocycles. The molecule has 1 fully saturated rings. The quantitative estimate of drug-likeness (QED) is 0.744. The third-order valence-electron chi connectivity index (χ3n) is 5.29. The predicted molar refractivity (Wildman–Crippen MR) is 107 cm³/mol. The Hall–Kier alpha value is -2.67. The predicted octanol–water partition coefficient (Wildman–Crippen LogP) is 1.20. The highest BCUT2D eigenvalue weighted by molar-refractivity contribution is 5.88. The van der Waals surface area contributed by atoms with Crippen molar-refractivity contribution in [1.29, 1.82) is 0 Å². The molecule has 0 bridgehead atoms. The van der Waals surface area contributed by atoms with E-state index in [9.17, 15) is 9.59 Å².